The molecule has 0 saturated carbocycles. The van der Waals surface area contributed by atoms with Crippen LogP contribution in [-0.2, 0) is 0 Å². The highest BCUT2D eigenvalue weighted by molar-refractivity contribution is 7.14. The lowest BCUT2D eigenvalue weighted by Crippen LogP contribution is -2.30. The van der Waals surface area contributed by atoms with Gasteiger partial charge in [-0.1, -0.05) is 0 Å². The van der Waals surface area contributed by atoms with Gasteiger partial charge < -0.3 is 5.11 Å². The van der Waals surface area contributed by atoms with Crippen molar-refractivity contribution in [3.8, 4) is 11.0 Å². The highest BCUT2D eigenvalue weighted by Gasteiger charge is 2.15. The van der Waals surface area contributed by atoms with Gasteiger partial charge in [0.25, 0.3) is 5.56 Å². The van der Waals surface area contributed by atoms with Gasteiger partial charge in [0.15, 0.2) is 0 Å². The zero-order valence-electron chi connectivity index (χ0n) is 9.57. The third-order valence-electron chi connectivity index (χ3n) is 2.52. The fourth-order valence-electron chi connectivity index (χ4n) is 1.34. The second-order valence-electron chi connectivity index (χ2n) is 3.68. The second-order valence-corrected chi connectivity index (χ2v) is 4.86. The maximum absolute atomic E-state index is 11.6. The van der Waals surface area contributed by atoms with E-state index < -0.39 is 11.2 Å². The van der Waals surface area contributed by atoms with E-state index in [0.29, 0.717) is 5.13 Å². The zero-order chi connectivity index (χ0) is 12.7. The molecule has 0 fully saturated rings. The van der Waals surface area contributed by atoms with E-state index >= 15 is 0 Å². The van der Waals surface area contributed by atoms with Crippen LogP contribution < -0.4 is 11.2 Å². The number of thiazole rings is 1. The Morgan fingerprint density at radius 1 is 1.29 bits per heavy atom. The topological polar surface area (TPSA) is 88.0 Å². The van der Waals surface area contributed by atoms with E-state index in [9.17, 15) is 14.7 Å². The standard InChI is InChI=1S/C10H11N3O3S/c1-4-7(14)12-9(16)13(8(4)15)10-11-5(2)6(3)17-10/h15H,1-3H3,(H,12,14,16). The van der Waals surface area contributed by atoms with Gasteiger partial charge in [0.05, 0.1) is 11.3 Å². The van der Waals surface area contributed by atoms with Gasteiger partial charge in [-0.05, 0) is 20.8 Å². The predicted molar refractivity (Wildman–Crippen MR) is 64.2 cm³/mol. The molecule has 0 saturated heterocycles. The monoisotopic (exact) mass is 253 g/mol. The van der Waals surface area contributed by atoms with Crippen molar-refractivity contribution in [2.45, 2.75) is 20.8 Å². The first kappa shape index (κ1) is 11.6. The van der Waals surface area contributed by atoms with E-state index in [2.05, 4.69) is 9.97 Å². The number of rotatable bonds is 1. The molecule has 0 aliphatic rings. The van der Waals surface area contributed by atoms with Crippen LogP contribution in [-0.4, -0.2) is 19.6 Å². The molecule has 0 aromatic carbocycles. The number of hydrogen-bond donors (Lipinski definition) is 2. The van der Waals surface area contributed by atoms with Crippen LogP contribution >= 0.6 is 11.3 Å². The zero-order valence-corrected chi connectivity index (χ0v) is 10.4. The fraction of sp³-hybridized carbons (Fsp3) is 0.300. The van der Waals surface area contributed by atoms with E-state index in [0.717, 1.165) is 15.1 Å². The van der Waals surface area contributed by atoms with Gasteiger partial charge in [-0.2, -0.15) is 0 Å². The Bertz CT molecular complexity index is 676. The molecule has 7 heteroatoms. The van der Waals surface area contributed by atoms with Crippen molar-refractivity contribution >= 4 is 11.3 Å². The summed E-state index contributed by atoms with van der Waals surface area (Å²) in [5.74, 6) is -0.368. The predicted octanol–water partition coefficient (Wildman–Crippen LogP) is 0.613. The first-order valence-electron chi connectivity index (χ1n) is 4.91. The molecular weight excluding hydrogens is 242 g/mol. The summed E-state index contributed by atoms with van der Waals surface area (Å²) in [4.78, 5) is 30.2. The molecule has 0 atom stereocenters. The SMILES string of the molecule is Cc1nc(-n2c(O)c(C)c(=O)[nH]c2=O)sc1C. The Labute approximate surface area is 100 Å². The van der Waals surface area contributed by atoms with Crippen LogP contribution in [0.5, 0.6) is 5.88 Å². The Morgan fingerprint density at radius 3 is 2.47 bits per heavy atom. The molecule has 2 rings (SSSR count). The van der Waals surface area contributed by atoms with Gasteiger partial charge in [0.2, 0.25) is 11.0 Å². The number of nitrogens with zero attached hydrogens (tertiary/aromatic N) is 2. The molecular formula is C10H11N3O3S. The summed E-state index contributed by atoms with van der Waals surface area (Å²) >= 11 is 1.28. The van der Waals surface area contributed by atoms with Crippen LogP contribution in [0.1, 0.15) is 16.1 Å². The summed E-state index contributed by atoms with van der Waals surface area (Å²) in [6.45, 7) is 5.13. The average molecular weight is 253 g/mol. The molecule has 2 N–H and O–H groups in total. The molecule has 2 heterocycles. The van der Waals surface area contributed by atoms with E-state index in [1.807, 2.05) is 13.8 Å². The van der Waals surface area contributed by atoms with Crippen molar-refractivity contribution in [1.82, 2.24) is 14.5 Å². The number of hydrogen-bond acceptors (Lipinski definition) is 5. The summed E-state index contributed by atoms with van der Waals surface area (Å²) in [6, 6.07) is 0. The van der Waals surface area contributed by atoms with Gasteiger partial charge >= 0.3 is 5.69 Å². The highest BCUT2D eigenvalue weighted by Crippen LogP contribution is 2.22. The lowest BCUT2D eigenvalue weighted by Gasteiger charge is -2.05. The van der Waals surface area contributed by atoms with E-state index in [-0.39, 0.29) is 11.4 Å². The molecule has 2 aromatic heterocycles. The van der Waals surface area contributed by atoms with Crippen molar-refractivity contribution < 1.29 is 5.11 Å². The maximum Gasteiger partial charge on any atom is 0.337 e. The number of H-pyrrole nitrogens is 1. The molecule has 2 aromatic rings. The summed E-state index contributed by atoms with van der Waals surface area (Å²) in [5, 5.41) is 10.2. The van der Waals surface area contributed by atoms with E-state index in [4.69, 9.17) is 0 Å². The Balaban J connectivity index is 2.80. The normalized spacial score (nSPS) is 10.8. The van der Waals surface area contributed by atoms with Crippen molar-refractivity contribution in [2.75, 3.05) is 0 Å². The number of aromatic hydroxyl groups is 1. The van der Waals surface area contributed by atoms with Crippen LogP contribution in [0.15, 0.2) is 9.59 Å². The molecule has 0 bridgehead atoms. The van der Waals surface area contributed by atoms with Crippen molar-refractivity contribution in [1.29, 1.82) is 0 Å². The number of aromatic nitrogens is 3. The van der Waals surface area contributed by atoms with Crippen LogP contribution in [0, 0.1) is 20.8 Å². The van der Waals surface area contributed by atoms with Crippen LogP contribution in [0.25, 0.3) is 5.13 Å². The third-order valence-corrected chi connectivity index (χ3v) is 3.58. The Kier molecular flexibility index (Phi) is 2.62. The van der Waals surface area contributed by atoms with Gasteiger partial charge in [-0.3, -0.25) is 9.78 Å². The second kappa shape index (κ2) is 3.85. The molecule has 0 amide bonds. The van der Waals surface area contributed by atoms with Crippen molar-refractivity contribution in [2.24, 2.45) is 0 Å². The largest absolute Gasteiger partial charge is 0.494 e. The summed E-state index contributed by atoms with van der Waals surface area (Å²) in [5.41, 5.74) is -0.393. The number of aryl methyl sites for hydroxylation is 2. The molecule has 6 nitrogen and oxygen atoms in total. The minimum atomic E-state index is -0.688. The average Bonchev–Trinajstić information content (AvgIpc) is 2.56. The molecule has 0 unspecified atom stereocenters. The first-order valence-corrected chi connectivity index (χ1v) is 5.72. The lowest BCUT2D eigenvalue weighted by molar-refractivity contribution is 0.426. The lowest BCUT2D eigenvalue weighted by atomic mass is 10.3. The molecule has 17 heavy (non-hydrogen) atoms. The first-order chi connectivity index (χ1) is 7.91. The van der Waals surface area contributed by atoms with Gasteiger partial charge in [0, 0.05) is 4.88 Å². The molecule has 0 radical (unpaired) electrons. The minimum Gasteiger partial charge on any atom is -0.494 e. The summed E-state index contributed by atoms with van der Waals surface area (Å²) in [6.07, 6.45) is 0. The van der Waals surface area contributed by atoms with E-state index in [1.54, 1.807) is 0 Å². The van der Waals surface area contributed by atoms with Crippen LogP contribution in [0.2, 0.25) is 0 Å². The van der Waals surface area contributed by atoms with Gasteiger partial charge in [0.1, 0.15) is 0 Å². The van der Waals surface area contributed by atoms with Gasteiger partial charge in [-0.25, -0.2) is 14.3 Å². The summed E-state index contributed by atoms with van der Waals surface area (Å²) < 4.78 is 1.00. The maximum atomic E-state index is 11.6. The smallest absolute Gasteiger partial charge is 0.337 e. The quantitative estimate of drug-likeness (QED) is 0.779. The van der Waals surface area contributed by atoms with Crippen molar-refractivity contribution in [3.63, 3.8) is 0 Å². The molecule has 0 spiro atoms. The third kappa shape index (κ3) is 1.78. The van der Waals surface area contributed by atoms with Crippen LogP contribution in [0.3, 0.4) is 0 Å². The van der Waals surface area contributed by atoms with E-state index in [1.165, 1.54) is 18.3 Å². The van der Waals surface area contributed by atoms with Crippen molar-refractivity contribution in [3.05, 3.63) is 37.0 Å². The Hall–Kier alpha value is -1.89. The molecule has 0 aliphatic carbocycles. The highest BCUT2D eigenvalue weighted by atomic mass is 32.1. The minimum absolute atomic E-state index is 0.0927. The Morgan fingerprint density at radius 2 is 1.94 bits per heavy atom. The summed E-state index contributed by atoms with van der Waals surface area (Å²) in [7, 11) is 0. The van der Waals surface area contributed by atoms with Crippen LogP contribution in [0.4, 0.5) is 0 Å². The number of nitrogens with one attached hydrogen (secondary N) is 1. The fourth-order valence-corrected chi connectivity index (χ4v) is 2.25. The van der Waals surface area contributed by atoms with Gasteiger partial charge in [-0.15, -0.1) is 11.3 Å². The number of aromatic amines is 1. The molecule has 0 aliphatic heterocycles. The molecule has 90 valence electrons.